The van der Waals surface area contributed by atoms with E-state index in [-0.39, 0.29) is 11.5 Å². The number of pyridine rings is 1. The summed E-state index contributed by atoms with van der Waals surface area (Å²) in [4.78, 5) is 17.3. The van der Waals surface area contributed by atoms with Crippen LogP contribution in [0.1, 0.15) is 36.0 Å². The van der Waals surface area contributed by atoms with Gasteiger partial charge in [-0.1, -0.05) is 19.1 Å². The van der Waals surface area contributed by atoms with Gasteiger partial charge in [0.05, 0.1) is 0 Å². The Hall–Kier alpha value is -2.79. The number of aromatic nitrogens is 1. The largest absolute Gasteiger partial charge is 0.486 e. The summed E-state index contributed by atoms with van der Waals surface area (Å²) in [6.45, 7) is 4.17. The summed E-state index contributed by atoms with van der Waals surface area (Å²) in [5, 5.41) is 1.08. The van der Waals surface area contributed by atoms with Crippen LogP contribution in [0.25, 0.3) is 10.9 Å². The van der Waals surface area contributed by atoms with Gasteiger partial charge in [-0.05, 0) is 80.3 Å². The number of rotatable bonds is 6. The summed E-state index contributed by atoms with van der Waals surface area (Å²) < 4.78 is 11.5. The minimum absolute atomic E-state index is 0.00347. The molecule has 0 bridgehead atoms. The summed E-state index contributed by atoms with van der Waals surface area (Å²) in [5.74, 6) is 1.87. The van der Waals surface area contributed by atoms with E-state index in [9.17, 15) is 4.79 Å². The first kappa shape index (κ1) is 19.5. The van der Waals surface area contributed by atoms with E-state index in [0.29, 0.717) is 13.2 Å². The van der Waals surface area contributed by atoms with Gasteiger partial charge in [-0.25, -0.2) is 0 Å². The van der Waals surface area contributed by atoms with E-state index in [0.717, 1.165) is 47.4 Å². The highest BCUT2D eigenvalue weighted by Crippen LogP contribution is 2.37. The Balaban J connectivity index is 1.76. The van der Waals surface area contributed by atoms with Crippen LogP contribution in [0.3, 0.4) is 0 Å². The summed E-state index contributed by atoms with van der Waals surface area (Å²) in [6, 6.07) is 14.6. The predicted molar refractivity (Wildman–Crippen MR) is 116 cm³/mol. The molecule has 4 rings (SSSR count). The molecule has 5 heteroatoms. The topological polar surface area (TPSA) is 54.6 Å². The van der Waals surface area contributed by atoms with Crippen molar-refractivity contribution >= 4 is 10.9 Å². The number of H-pyrrole nitrogens is 1. The third-order valence-electron chi connectivity index (χ3n) is 5.56. The molecule has 0 radical (unpaired) electrons. The molecular formula is C24H28N2O3. The average Bonchev–Trinajstić information content (AvgIpc) is 2.73. The van der Waals surface area contributed by atoms with Gasteiger partial charge in [-0.15, -0.1) is 0 Å². The maximum Gasteiger partial charge on any atom is 0.251 e. The summed E-state index contributed by atoms with van der Waals surface area (Å²) >= 11 is 0. The molecule has 5 nitrogen and oxygen atoms in total. The molecule has 3 aromatic rings. The van der Waals surface area contributed by atoms with Crippen molar-refractivity contribution in [3.05, 3.63) is 69.5 Å². The van der Waals surface area contributed by atoms with Gasteiger partial charge in [0.1, 0.15) is 13.2 Å². The Morgan fingerprint density at radius 1 is 1.00 bits per heavy atom. The van der Waals surface area contributed by atoms with Crippen LogP contribution in [0.15, 0.2) is 47.3 Å². The molecule has 1 N–H and O–H groups in total. The van der Waals surface area contributed by atoms with Gasteiger partial charge >= 0.3 is 0 Å². The van der Waals surface area contributed by atoms with Gasteiger partial charge < -0.3 is 19.4 Å². The number of benzene rings is 2. The van der Waals surface area contributed by atoms with Gasteiger partial charge in [-0.2, -0.15) is 0 Å². The molecule has 2 aromatic carbocycles. The van der Waals surface area contributed by atoms with Crippen LogP contribution < -0.4 is 15.0 Å². The molecule has 0 saturated carbocycles. The highest BCUT2D eigenvalue weighted by atomic mass is 16.6. The quantitative estimate of drug-likeness (QED) is 0.690. The Bertz CT molecular complexity index is 1070. The van der Waals surface area contributed by atoms with Crippen LogP contribution in [0.2, 0.25) is 0 Å². The van der Waals surface area contributed by atoms with E-state index in [2.05, 4.69) is 48.2 Å². The number of nitrogens with zero attached hydrogens (tertiary/aromatic N) is 1. The minimum atomic E-state index is 0.00347. The molecule has 0 saturated heterocycles. The highest BCUT2D eigenvalue weighted by Gasteiger charge is 2.19. The lowest BCUT2D eigenvalue weighted by Gasteiger charge is -2.24. The van der Waals surface area contributed by atoms with Gasteiger partial charge in [0.2, 0.25) is 0 Å². The van der Waals surface area contributed by atoms with Crippen molar-refractivity contribution in [2.45, 2.75) is 25.7 Å². The van der Waals surface area contributed by atoms with Gasteiger partial charge in [0.25, 0.3) is 5.56 Å². The van der Waals surface area contributed by atoms with Crippen molar-refractivity contribution in [1.29, 1.82) is 0 Å². The number of nitrogens with one attached hydrogen (secondary N) is 1. The van der Waals surface area contributed by atoms with E-state index in [4.69, 9.17) is 9.47 Å². The van der Waals surface area contributed by atoms with Crippen molar-refractivity contribution in [2.75, 3.05) is 33.9 Å². The van der Waals surface area contributed by atoms with Gasteiger partial charge in [0.15, 0.2) is 11.5 Å². The van der Waals surface area contributed by atoms with Crippen LogP contribution in [-0.4, -0.2) is 43.7 Å². The smallest absolute Gasteiger partial charge is 0.251 e. The second kappa shape index (κ2) is 8.29. The van der Waals surface area contributed by atoms with Crippen LogP contribution >= 0.6 is 0 Å². The van der Waals surface area contributed by atoms with E-state index in [1.54, 1.807) is 0 Å². The second-order valence-corrected chi connectivity index (χ2v) is 7.87. The Kier molecular flexibility index (Phi) is 5.58. The second-order valence-electron chi connectivity index (χ2n) is 7.87. The normalized spacial score (nSPS) is 14.3. The maximum absolute atomic E-state index is 12.1. The molecule has 1 aliphatic rings. The van der Waals surface area contributed by atoms with Crippen molar-refractivity contribution in [1.82, 2.24) is 9.88 Å². The number of hydrogen-bond acceptors (Lipinski definition) is 4. The number of aromatic amines is 1. The lowest BCUT2D eigenvalue weighted by molar-refractivity contribution is 0.171. The number of fused-ring (bicyclic) bond motifs is 2. The number of aryl methyl sites for hydroxylation is 1. The molecule has 0 fully saturated rings. The third kappa shape index (κ3) is 4.15. The fourth-order valence-electron chi connectivity index (χ4n) is 3.94. The fourth-order valence-corrected chi connectivity index (χ4v) is 3.94. The molecule has 0 spiro atoms. The predicted octanol–water partition coefficient (Wildman–Crippen LogP) is 3.95. The van der Waals surface area contributed by atoms with E-state index >= 15 is 0 Å². The molecule has 2 heterocycles. The Labute approximate surface area is 171 Å². The highest BCUT2D eigenvalue weighted by molar-refractivity contribution is 5.80. The van der Waals surface area contributed by atoms with Crippen LogP contribution in [-0.2, 0) is 6.42 Å². The summed E-state index contributed by atoms with van der Waals surface area (Å²) in [7, 11) is 4.19. The first-order valence-corrected chi connectivity index (χ1v) is 10.3. The van der Waals surface area contributed by atoms with Crippen LogP contribution in [0.4, 0.5) is 0 Å². The van der Waals surface area contributed by atoms with E-state index < -0.39 is 0 Å². The molecule has 0 amide bonds. The minimum Gasteiger partial charge on any atom is -0.486 e. The Morgan fingerprint density at radius 2 is 1.72 bits per heavy atom. The summed E-state index contributed by atoms with van der Waals surface area (Å²) in [6.07, 6.45) is 1.71. The lowest BCUT2D eigenvalue weighted by atomic mass is 9.87. The first-order valence-electron chi connectivity index (χ1n) is 10.3. The molecule has 29 heavy (non-hydrogen) atoms. The molecule has 1 unspecified atom stereocenters. The summed E-state index contributed by atoms with van der Waals surface area (Å²) in [5.41, 5.74) is 4.16. The standard InChI is InChI=1S/C24H28N2O3/c1-4-16-13-19-14-17(5-7-21(19)25-24(16)27)20(9-10-26(2)3)18-6-8-22-23(15-18)29-12-11-28-22/h5-8,13-15,20H,4,9-12H2,1-3H3,(H,25,27). The van der Waals surface area contributed by atoms with Crippen LogP contribution in [0, 0.1) is 0 Å². The molecular weight excluding hydrogens is 364 g/mol. The average molecular weight is 392 g/mol. The van der Waals surface area contributed by atoms with Crippen LogP contribution in [0.5, 0.6) is 11.5 Å². The number of hydrogen-bond donors (Lipinski definition) is 1. The van der Waals surface area contributed by atoms with E-state index in [1.165, 1.54) is 11.1 Å². The van der Waals surface area contributed by atoms with Gasteiger partial charge in [0, 0.05) is 17.0 Å². The van der Waals surface area contributed by atoms with Crippen molar-refractivity contribution < 1.29 is 9.47 Å². The maximum atomic E-state index is 12.1. The molecule has 1 aromatic heterocycles. The fraction of sp³-hybridized carbons (Fsp3) is 0.375. The third-order valence-corrected chi connectivity index (χ3v) is 5.56. The van der Waals surface area contributed by atoms with Crippen molar-refractivity contribution in [2.24, 2.45) is 0 Å². The lowest BCUT2D eigenvalue weighted by Crippen LogP contribution is -2.18. The zero-order valence-electron chi connectivity index (χ0n) is 17.3. The zero-order valence-corrected chi connectivity index (χ0v) is 17.3. The SMILES string of the molecule is CCc1cc2cc(C(CCN(C)C)c3ccc4c(c3)OCCO4)ccc2[nH]c1=O. The number of ether oxygens (including phenoxy) is 2. The van der Waals surface area contributed by atoms with Crippen molar-refractivity contribution in [3.8, 4) is 11.5 Å². The zero-order chi connectivity index (χ0) is 20.4. The molecule has 1 atom stereocenters. The van der Waals surface area contributed by atoms with E-state index in [1.807, 2.05) is 25.1 Å². The Morgan fingerprint density at radius 3 is 2.48 bits per heavy atom. The first-order chi connectivity index (χ1) is 14.0. The molecule has 152 valence electrons. The van der Waals surface area contributed by atoms with Gasteiger partial charge in [-0.3, -0.25) is 4.79 Å². The molecule has 0 aliphatic carbocycles. The van der Waals surface area contributed by atoms with Crippen molar-refractivity contribution in [3.63, 3.8) is 0 Å². The monoisotopic (exact) mass is 392 g/mol. The molecule has 1 aliphatic heterocycles.